The minimum Gasteiger partial charge on any atom is -0.494 e. The van der Waals surface area contributed by atoms with Gasteiger partial charge in [-0.05, 0) is 92.3 Å². The van der Waals surface area contributed by atoms with Crippen molar-refractivity contribution in [1.82, 2.24) is 9.80 Å². The SMILES string of the molecule is CCOc1cc(-c2ccc(F)cc2)c(C2CC2)cc1CN1CCC2(CC1)CN(C1CCC(P(=O)(OC)OC)CC1)C(=O)O2. The fourth-order valence-corrected chi connectivity index (χ4v) is 8.95. The Morgan fingerprint density at radius 3 is 2.28 bits per heavy atom. The summed E-state index contributed by atoms with van der Waals surface area (Å²) in [6.45, 7) is 5.63. The molecule has 43 heavy (non-hydrogen) atoms. The summed E-state index contributed by atoms with van der Waals surface area (Å²) < 4.78 is 49.2. The summed E-state index contributed by atoms with van der Waals surface area (Å²) in [5.74, 6) is 1.19. The molecule has 2 aromatic carbocycles. The highest BCUT2D eigenvalue weighted by atomic mass is 31.2. The van der Waals surface area contributed by atoms with Crippen LogP contribution in [0.2, 0.25) is 0 Å². The lowest BCUT2D eigenvalue weighted by atomic mass is 9.88. The number of benzene rings is 2. The monoisotopic (exact) mass is 614 g/mol. The molecule has 2 aliphatic carbocycles. The van der Waals surface area contributed by atoms with Crippen LogP contribution in [-0.2, 0) is 24.9 Å². The van der Waals surface area contributed by atoms with Gasteiger partial charge in [-0.1, -0.05) is 12.1 Å². The highest BCUT2D eigenvalue weighted by Gasteiger charge is 2.50. The second kappa shape index (κ2) is 12.5. The second-order valence-corrected chi connectivity index (χ2v) is 15.1. The number of ether oxygens (including phenoxy) is 2. The molecule has 0 atom stereocenters. The van der Waals surface area contributed by atoms with E-state index in [0.717, 1.165) is 62.2 Å². The molecule has 234 valence electrons. The van der Waals surface area contributed by atoms with Gasteiger partial charge in [0.15, 0.2) is 0 Å². The first-order valence-corrected chi connectivity index (χ1v) is 17.4. The van der Waals surface area contributed by atoms with E-state index in [2.05, 4.69) is 17.0 Å². The van der Waals surface area contributed by atoms with Crippen LogP contribution in [-0.4, -0.2) is 73.7 Å². The van der Waals surface area contributed by atoms with Crippen LogP contribution in [0.5, 0.6) is 5.75 Å². The average Bonchev–Trinajstić information content (AvgIpc) is 3.82. The van der Waals surface area contributed by atoms with Crippen molar-refractivity contribution in [2.45, 2.75) is 88.1 Å². The minimum absolute atomic E-state index is 0.0949. The zero-order chi connectivity index (χ0) is 30.2. The van der Waals surface area contributed by atoms with Crippen LogP contribution >= 0.6 is 7.60 Å². The summed E-state index contributed by atoms with van der Waals surface area (Å²) in [5.41, 5.74) is 4.07. The van der Waals surface area contributed by atoms with Crippen molar-refractivity contribution in [2.75, 3.05) is 40.5 Å². The molecule has 4 fully saturated rings. The third-order valence-electron chi connectivity index (χ3n) is 9.93. The zero-order valence-corrected chi connectivity index (χ0v) is 26.5. The van der Waals surface area contributed by atoms with Crippen molar-refractivity contribution in [3.8, 4) is 16.9 Å². The number of piperidine rings is 1. The van der Waals surface area contributed by atoms with Gasteiger partial charge in [-0.15, -0.1) is 0 Å². The van der Waals surface area contributed by atoms with Crippen molar-refractivity contribution in [1.29, 1.82) is 0 Å². The van der Waals surface area contributed by atoms with E-state index in [9.17, 15) is 13.8 Å². The Hall–Kier alpha value is -2.45. The van der Waals surface area contributed by atoms with E-state index in [1.165, 1.54) is 50.3 Å². The molecule has 0 aromatic heterocycles. The van der Waals surface area contributed by atoms with Gasteiger partial charge in [-0.25, -0.2) is 9.18 Å². The second-order valence-electron chi connectivity index (χ2n) is 12.6. The molecule has 0 bridgehead atoms. The molecular weight excluding hydrogens is 570 g/mol. The molecular formula is C33H44FN2O6P. The number of amides is 1. The maximum absolute atomic E-state index is 13.6. The van der Waals surface area contributed by atoms with E-state index >= 15 is 0 Å². The average molecular weight is 615 g/mol. The highest BCUT2D eigenvalue weighted by molar-refractivity contribution is 7.54. The largest absolute Gasteiger partial charge is 0.494 e. The Bertz CT molecular complexity index is 1340. The lowest BCUT2D eigenvalue weighted by Crippen LogP contribution is -2.48. The van der Waals surface area contributed by atoms with Crippen LogP contribution in [0.3, 0.4) is 0 Å². The van der Waals surface area contributed by atoms with Crippen LogP contribution < -0.4 is 4.74 Å². The molecule has 0 N–H and O–H groups in total. The first kappa shape index (κ1) is 30.6. The number of carbonyl (C=O) groups is 1. The Balaban J connectivity index is 1.10. The van der Waals surface area contributed by atoms with Crippen LogP contribution in [0.25, 0.3) is 11.1 Å². The van der Waals surface area contributed by atoms with Crippen molar-refractivity contribution in [3.05, 3.63) is 53.3 Å². The van der Waals surface area contributed by atoms with Crippen LogP contribution in [0, 0.1) is 5.82 Å². The van der Waals surface area contributed by atoms with Crippen LogP contribution in [0.4, 0.5) is 9.18 Å². The van der Waals surface area contributed by atoms with Gasteiger partial charge < -0.3 is 23.4 Å². The van der Waals surface area contributed by atoms with Gasteiger partial charge in [0.1, 0.15) is 17.2 Å². The molecule has 0 radical (unpaired) electrons. The normalized spacial score (nSPS) is 24.4. The van der Waals surface area contributed by atoms with Gasteiger partial charge in [0.2, 0.25) is 0 Å². The lowest BCUT2D eigenvalue weighted by molar-refractivity contribution is -0.00151. The Kier molecular flexibility index (Phi) is 8.89. The number of carbonyl (C=O) groups excluding carboxylic acids is 1. The molecule has 0 unspecified atom stereocenters. The molecule has 10 heteroatoms. The maximum Gasteiger partial charge on any atom is 0.410 e. The fourth-order valence-electron chi connectivity index (χ4n) is 7.28. The first-order chi connectivity index (χ1) is 20.8. The summed E-state index contributed by atoms with van der Waals surface area (Å²) >= 11 is 0. The lowest BCUT2D eigenvalue weighted by Gasteiger charge is -2.39. The highest BCUT2D eigenvalue weighted by Crippen LogP contribution is 2.56. The van der Waals surface area contributed by atoms with Crippen LogP contribution in [0.15, 0.2) is 36.4 Å². The number of rotatable bonds is 10. The summed E-state index contributed by atoms with van der Waals surface area (Å²) in [4.78, 5) is 17.4. The third-order valence-corrected chi connectivity index (χ3v) is 12.4. The summed E-state index contributed by atoms with van der Waals surface area (Å²) in [6, 6.07) is 11.3. The van der Waals surface area contributed by atoms with E-state index in [4.69, 9.17) is 18.5 Å². The molecule has 2 aliphatic heterocycles. The van der Waals surface area contributed by atoms with Gasteiger partial charge in [-0.2, -0.15) is 0 Å². The number of halogens is 1. The smallest absolute Gasteiger partial charge is 0.410 e. The molecule has 2 saturated heterocycles. The Morgan fingerprint density at radius 1 is 1.00 bits per heavy atom. The standard InChI is InChI=1S/C33H44FN2O6P/c1-4-41-31-20-30(24-7-9-26(34)10-8-24)29(23-5-6-23)19-25(31)21-35-17-15-33(16-18-35)22-36(32(37)42-33)27-11-13-28(14-12-27)43(38,39-2)40-3/h7-10,19-20,23,27-28H,4-6,11-18,21-22H2,1-3H3. The molecule has 8 nitrogen and oxygen atoms in total. The van der Waals surface area contributed by atoms with E-state index in [1.807, 2.05) is 24.0 Å². The molecule has 2 saturated carbocycles. The molecule has 2 aromatic rings. The summed E-state index contributed by atoms with van der Waals surface area (Å²) in [7, 11) is -0.213. The van der Waals surface area contributed by atoms with Gasteiger partial charge in [-0.3, -0.25) is 9.46 Å². The topological polar surface area (TPSA) is 77.5 Å². The minimum atomic E-state index is -3.10. The van der Waals surface area contributed by atoms with E-state index < -0.39 is 13.2 Å². The van der Waals surface area contributed by atoms with Gasteiger partial charge in [0.25, 0.3) is 0 Å². The maximum atomic E-state index is 13.6. The number of hydrogen-bond acceptors (Lipinski definition) is 7. The number of hydrogen-bond donors (Lipinski definition) is 0. The van der Waals surface area contributed by atoms with Gasteiger partial charge in [0, 0.05) is 58.3 Å². The Labute approximate surface area is 254 Å². The van der Waals surface area contributed by atoms with Gasteiger partial charge >= 0.3 is 13.7 Å². The van der Waals surface area contributed by atoms with E-state index in [0.29, 0.717) is 31.9 Å². The molecule has 1 spiro atoms. The van der Waals surface area contributed by atoms with Crippen molar-refractivity contribution >= 4 is 13.7 Å². The van der Waals surface area contributed by atoms with E-state index in [-0.39, 0.29) is 23.6 Å². The summed E-state index contributed by atoms with van der Waals surface area (Å²) in [6.07, 6.45) is 6.68. The first-order valence-electron chi connectivity index (χ1n) is 15.7. The van der Waals surface area contributed by atoms with Crippen molar-refractivity contribution < 1.29 is 32.3 Å². The van der Waals surface area contributed by atoms with E-state index in [1.54, 1.807) is 0 Å². The van der Waals surface area contributed by atoms with Gasteiger partial charge in [0.05, 0.1) is 18.8 Å². The van der Waals surface area contributed by atoms with Crippen molar-refractivity contribution in [3.63, 3.8) is 0 Å². The third kappa shape index (κ3) is 6.37. The molecule has 4 aliphatic rings. The number of likely N-dealkylation sites (tertiary alicyclic amines) is 1. The predicted molar refractivity (Wildman–Crippen MR) is 163 cm³/mol. The predicted octanol–water partition coefficient (Wildman–Crippen LogP) is 7.35. The quantitative estimate of drug-likeness (QED) is 0.259. The fraction of sp³-hybridized carbons (Fsp3) is 0.606. The van der Waals surface area contributed by atoms with Crippen LogP contribution in [0.1, 0.15) is 75.3 Å². The van der Waals surface area contributed by atoms with Crippen molar-refractivity contribution in [2.24, 2.45) is 0 Å². The summed E-state index contributed by atoms with van der Waals surface area (Å²) in [5, 5.41) is 0. The molecule has 1 amide bonds. The zero-order valence-electron chi connectivity index (χ0n) is 25.6. The molecule has 2 heterocycles. The Morgan fingerprint density at radius 2 is 1.67 bits per heavy atom. The molecule has 6 rings (SSSR count). The number of nitrogens with zero attached hydrogens (tertiary/aromatic N) is 2.